The van der Waals surface area contributed by atoms with Gasteiger partial charge in [0.25, 0.3) is 0 Å². The van der Waals surface area contributed by atoms with Gasteiger partial charge in [-0.15, -0.1) is 0 Å². The van der Waals surface area contributed by atoms with Crippen molar-refractivity contribution in [1.82, 2.24) is 0 Å². The lowest BCUT2D eigenvalue weighted by Crippen LogP contribution is -2.32. The molecule has 3 nitrogen and oxygen atoms in total. The molecule has 3 heteroatoms. The van der Waals surface area contributed by atoms with Crippen LogP contribution in [0.25, 0.3) is 0 Å². The highest BCUT2D eigenvalue weighted by Gasteiger charge is 2.28. The van der Waals surface area contributed by atoms with Gasteiger partial charge in [-0.2, -0.15) is 0 Å². The van der Waals surface area contributed by atoms with E-state index in [0.29, 0.717) is 12.5 Å². The van der Waals surface area contributed by atoms with Crippen LogP contribution in [0.2, 0.25) is 0 Å². The summed E-state index contributed by atoms with van der Waals surface area (Å²) in [6, 6.07) is 7.79. The molecule has 2 rings (SSSR count). The number of rotatable bonds is 2. The van der Waals surface area contributed by atoms with E-state index in [4.69, 9.17) is 9.47 Å². The molecule has 0 atom stereocenters. The van der Waals surface area contributed by atoms with Gasteiger partial charge in [0.15, 0.2) is 5.72 Å². The Labute approximate surface area is 102 Å². The van der Waals surface area contributed by atoms with E-state index in [9.17, 15) is 0 Å². The highest BCUT2D eigenvalue weighted by molar-refractivity contribution is 5.97. The van der Waals surface area contributed by atoms with Crippen molar-refractivity contribution in [3.8, 4) is 5.75 Å². The van der Waals surface area contributed by atoms with E-state index < -0.39 is 5.72 Å². The molecule has 1 aliphatic heterocycles. The lowest BCUT2D eigenvalue weighted by Gasteiger charge is -2.29. The first-order valence-electron chi connectivity index (χ1n) is 5.74. The lowest BCUT2D eigenvalue weighted by molar-refractivity contribution is 0.109. The summed E-state index contributed by atoms with van der Waals surface area (Å²) < 4.78 is 11.4. The molecule has 0 saturated carbocycles. The molecule has 90 valence electrons. The maximum Gasteiger partial charge on any atom is 0.223 e. The Morgan fingerprint density at radius 3 is 2.88 bits per heavy atom. The molecule has 0 fully saturated rings. The first-order chi connectivity index (χ1) is 8.12. The molecule has 0 aliphatic carbocycles. The largest absolute Gasteiger partial charge is 0.473 e. The van der Waals surface area contributed by atoms with Gasteiger partial charge in [-0.3, -0.25) is 0 Å². The molecule has 17 heavy (non-hydrogen) atoms. The van der Waals surface area contributed by atoms with Gasteiger partial charge in [-0.25, -0.2) is 4.99 Å². The van der Waals surface area contributed by atoms with Gasteiger partial charge in [0.2, 0.25) is 5.90 Å². The molecule has 0 N–H and O–H groups in total. The van der Waals surface area contributed by atoms with Crippen molar-refractivity contribution in [3.05, 3.63) is 42.0 Å². The molecule has 1 aromatic carbocycles. The first-order valence-corrected chi connectivity index (χ1v) is 5.74. The zero-order chi connectivity index (χ0) is 12.3. The number of benzene rings is 1. The van der Waals surface area contributed by atoms with Gasteiger partial charge in [-0.05, 0) is 32.9 Å². The Kier molecular flexibility index (Phi) is 3.18. The molecule has 0 radical (unpaired) electrons. The van der Waals surface area contributed by atoms with Crippen LogP contribution in [0.3, 0.4) is 0 Å². The maximum absolute atomic E-state index is 5.77. The second-order valence-corrected chi connectivity index (χ2v) is 4.34. The van der Waals surface area contributed by atoms with Crippen molar-refractivity contribution in [3.63, 3.8) is 0 Å². The van der Waals surface area contributed by atoms with Crippen LogP contribution in [0.5, 0.6) is 5.75 Å². The first kappa shape index (κ1) is 11.7. The summed E-state index contributed by atoms with van der Waals surface area (Å²) in [5.41, 5.74) is 0.343. The van der Waals surface area contributed by atoms with E-state index >= 15 is 0 Å². The zero-order valence-corrected chi connectivity index (χ0v) is 10.4. The van der Waals surface area contributed by atoms with Gasteiger partial charge in [0.05, 0.1) is 5.56 Å². The SMILES string of the molecule is C/C=C/COC1=NC(C)(C)Oc2ccccc21. The Bertz CT molecular complexity index is 461. The van der Waals surface area contributed by atoms with Gasteiger partial charge >= 0.3 is 0 Å². The number of fused-ring (bicyclic) bond motifs is 1. The van der Waals surface area contributed by atoms with E-state index in [0.717, 1.165) is 11.3 Å². The highest BCUT2D eigenvalue weighted by atomic mass is 16.5. The Morgan fingerprint density at radius 2 is 2.12 bits per heavy atom. The summed E-state index contributed by atoms with van der Waals surface area (Å²) in [4.78, 5) is 4.47. The number of nitrogens with zero attached hydrogens (tertiary/aromatic N) is 1. The number of hydrogen-bond donors (Lipinski definition) is 0. The molecule has 0 spiro atoms. The quantitative estimate of drug-likeness (QED) is 0.732. The van der Waals surface area contributed by atoms with Gasteiger partial charge < -0.3 is 9.47 Å². The van der Waals surface area contributed by atoms with E-state index in [2.05, 4.69) is 4.99 Å². The molecule has 0 amide bonds. The fourth-order valence-electron chi connectivity index (χ4n) is 1.66. The highest BCUT2D eigenvalue weighted by Crippen LogP contribution is 2.30. The molecule has 1 aromatic rings. The molecule has 0 saturated heterocycles. The Morgan fingerprint density at radius 1 is 1.35 bits per heavy atom. The second kappa shape index (κ2) is 4.62. The standard InChI is InChI=1S/C14H17NO2/c1-4-5-10-16-13-11-8-6-7-9-12(11)17-14(2,3)15-13/h4-9H,10H2,1-3H3/b5-4+. The van der Waals surface area contributed by atoms with Crippen molar-refractivity contribution >= 4 is 5.90 Å². The van der Waals surface area contributed by atoms with Gasteiger partial charge in [0.1, 0.15) is 12.4 Å². The van der Waals surface area contributed by atoms with Crippen molar-refractivity contribution < 1.29 is 9.47 Å². The molecule has 1 aliphatic rings. The third-order valence-corrected chi connectivity index (χ3v) is 2.40. The summed E-state index contributed by atoms with van der Waals surface area (Å²) in [5.74, 6) is 1.47. The summed E-state index contributed by atoms with van der Waals surface area (Å²) in [7, 11) is 0. The van der Waals surface area contributed by atoms with Crippen LogP contribution in [0.15, 0.2) is 41.4 Å². The van der Waals surface area contributed by atoms with Crippen LogP contribution in [-0.2, 0) is 4.74 Å². The van der Waals surface area contributed by atoms with E-state index in [1.165, 1.54) is 0 Å². The average Bonchev–Trinajstić information content (AvgIpc) is 2.28. The van der Waals surface area contributed by atoms with Crippen molar-refractivity contribution in [2.24, 2.45) is 4.99 Å². The predicted molar refractivity (Wildman–Crippen MR) is 68.5 cm³/mol. The summed E-state index contributed by atoms with van der Waals surface area (Å²) in [5, 5.41) is 0. The summed E-state index contributed by atoms with van der Waals surface area (Å²) >= 11 is 0. The fraction of sp³-hybridized carbons (Fsp3) is 0.357. The lowest BCUT2D eigenvalue weighted by atomic mass is 10.1. The average molecular weight is 231 g/mol. The van der Waals surface area contributed by atoms with E-state index in [1.807, 2.05) is 57.2 Å². The van der Waals surface area contributed by atoms with Crippen molar-refractivity contribution in [2.45, 2.75) is 26.5 Å². The normalized spacial score (nSPS) is 17.2. The van der Waals surface area contributed by atoms with Crippen LogP contribution in [0.1, 0.15) is 26.3 Å². The minimum Gasteiger partial charge on any atom is -0.473 e. The van der Waals surface area contributed by atoms with Crippen LogP contribution >= 0.6 is 0 Å². The third-order valence-electron chi connectivity index (χ3n) is 2.40. The second-order valence-electron chi connectivity index (χ2n) is 4.34. The molecular weight excluding hydrogens is 214 g/mol. The smallest absolute Gasteiger partial charge is 0.223 e. The Balaban J connectivity index is 2.30. The Hall–Kier alpha value is -1.77. The van der Waals surface area contributed by atoms with E-state index in [1.54, 1.807) is 0 Å². The number of ether oxygens (including phenoxy) is 2. The van der Waals surface area contributed by atoms with Crippen LogP contribution in [0, 0.1) is 0 Å². The zero-order valence-electron chi connectivity index (χ0n) is 10.4. The van der Waals surface area contributed by atoms with Crippen LogP contribution in [-0.4, -0.2) is 18.2 Å². The minimum atomic E-state index is -0.570. The summed E-state index contributed by atoms with van der Waals surface area (Å²) in [6.45, 7) is 6.33. The molecule has 0 unspecified atom stereocenters. The number of allylic oxidation sites excluding steroid dienone is 1. The monoisotopic (exact) mass is 231 g/mol. The predicted octanol–water partition coefficient (Wildman–Crippen LogP) is 3.15. The topological polar surface area (TPSA) is 30.8 Å². The summed E-state index contributed by atoms with van der Waals surface area (Å²) in [6.07, 6.45) is 3.91. The number of para-hydroxylation sites is 1. The van der Waals surface area contributed by atoms with Gasteiger partial charge in [-0.1, -0.05) is 24.3 Å². The van der Waals surface area contributed by atoms with Gasteiger partial charge in [0, 0.05) is 0 Å². The maximum atomic E-state index is 5.77. The molecular formula is C14H17NO2. The molecule has 0 bridgehead atoms. The third kappa shape index (κ3) is 2.67. The van der Waals surface area contributed by atoms with Crippen molar-refractivity contribution in [2.75, 3.05) is 6.61 Å². The van der Waals surface area contributed by atoms with Crippen molar-refractivity contribution in [1.29, 1.82) is 0 Å². The van der Waals surface area contributed by atoms with E-state index in [-0.39, 0.29) is 0 Å². The van der Waals surface area contributed by atoms with Crippen LogP contribution in [0.4, 0.5) is 0 Å². The number of aliphatic imine (C=N–C) groups is 1. The molecule has 0 aromatic heterocycles. The molecule has 1 heterocycles. The minimum absolute atomic E-state index is 0.528. The fourth-order valence-corrected chi connectivity index (χ4v) is 1.66. The van der Waals surface area contributed by atoms with Crippen LogP contribution < -0.4 is 4.74 Å². The number of hydrogen-bond acceptors (Lipinski definition) is 3.